The van der Waals surface area contributed by atoms with Gasteiger partial charge in [0.05, 0.1) is 17.1 Å². The molecule has 0 radical (unpaired) electrons. The predicted molar refractivity (Wildman–Crippen MR) is 40.9 cm³/mol. The molecule has 12 heavy (non-hydrogen) atoms. The maximum atomic E-state index is 11.0. The summed E-state index contributed by atoms with van der Waals surface area (Å²) in [5.74, 6) is -0.763. The summed E-state index contributed by atoms with van der Waals surface area (Å²) < 4.78 is 4.30. The highest BCUT2D eigenvalue weighted by Gasteiger charge is 1.99. The van der Waals surface area contributed by atoms with Gasteiger partial charge >= 0.3 is 11.4 Å². The van der Waals surface area contributed by atoms with Gasteiger partial charge in [-0.15, -0.1) is 0 Å². The summed E-state index contributed by atoms with van der Waals surface area (Å²) in [6.45, 7) is 0. The van der Waals surface area contributed by atoms with E-state index in [1.807, 2.05) is 0 Å². The molecule has 0 spiro atoms. The van der Waals surface area contributed by atoms with Gasteiger partial charge in [0.25, 0.3) is 0 Å². The fraction of sp³-hybridized carbons (Fsp3) is 0. The van der Waals surface area contributed by atoms with Gasteiger partial charge in [0, 0.05) is 6.20 Å². The van der Waals surface area contributed by atoms with Crippen molar-refractivity contribution < 1.29 is 4.42 Å². The SMILES string of the molecule is O=c1[nH]c2cnccc2c(=O)o1. The van der Waals surface area contributed by atoms with Crippen molar-refractivity contribution in [1.29, 1.82) is 0 Å². The molecule has 2 heterocycles. The molecule has 0 saturated carbocycles. The third-order valence-corrected chi connectivity index (χ3v) is 1.46. The minimum Gasteiger partial charge on any atom is -0.372 e. The Morgan fingerprint density at radius 1 is 1.42 bits per heavy atom. The van der Waals surface area contributed by atoms with Crippen LogP contribution in [-0.4, -0.2) is 9.97 Å². The minimum atomic E-state index is -0.763. The maximum Gasteiger partial charge on any atom is 0.419 e. The molecule has 2 aromatic heterocycles. The lowest BCUT2D eigenvalue weighted by Crippen LogP contribution is -2.14. The van der Waals surface area contributed by atoms with Crippen molar-refractivity contribution in [2.45, 2.75) is 0 Å². The summed E-state index contributed by atoms with van der Waals surface area (Å²) in [6, 6.07) is 1.48. The Morgan fingerprint density at radius 3 is 3.08 bits per heavy atom. The largest absolute Gasteiger partial charge is 0.419 e. The smallest absolute Gasteiger partial charge is 0.372 e. The van der Waals surface area contributed by atoms with Gasteiger partial charge in [-0.1, -0.05) is 0 Å². The van der Waals surface area contributed by atoms with E-state index in [0.29, 0.717) is 10.9 Å². The van der Waals surface area contributed by atoms with Crippen LogP contribution in [0, 0.1) is 0 Å². The zero-order chi connectivity index (χ0) is 8.55. The number of pyridine rings is 1. The fourth-order valence-electron chi connectivity index (χ4n) is 0.947. The molecule has 0 fully saturated rings. The van der Waals surface area contributed by atoms with Crippen LogP contribution in [0.3, 0.4) is 0 Å². The predicted octanol–water partition coefficient (Wildman–Crippen LogP) is -0.124. The van der Waals surface area contributed by atoms with E-state index >= 15 is 0 Å². The van der Waals surface area contributed by atoms with Crippen LogP contribution in [0.15, 0.2) is 32.5 Å². The zero-order valence-corrected chi connectivity index (χ0v) is 5.90. The number of nitrogens with one attached hydrogen (secondary N) is 1. The molecular weight excluding hydrogens is 160 g/mol. The molecule has 1 N–H and O–H groups in total. The van der Waals surface area contributed by atoms with Crippen LogP contribution in [0.4, 0.5) is 0 Å². The Hall–Kier alpha value is -1.91. The van der Waals surface area contributed by atoms with Crippen molar-refractivity contribution >= 4 is 10.9 Å². The first-order valence-corrected chi connectivity index (χ1v) is 3.24. The Morgan fingerprint density at radius 2 is 2.25 bits per heavy atom. The molecule has 0 atom stereocenters. The van der Waals surface area contributed by atoms with Crippen molar-refractivity contribution in [1.82, 2.24) is 9.97 Å². The molecule has 5 heteroatoms. The molecule has 5 nitrogen and oxygen atoms in total. The molecule has 0 aromatic carbocycles. The lowest BCUT2D eigenvalue weighted by atomic mass is 10.3. The minimum absolute atomic E-state index is 0.324. The third-order valence-electron chi connectivity index (χ3n) is 1.46. The summed E-state index contributed by atoms with van der Waals surface area (Å²) in [6.07, 6.45) is 2.85. The topological polar surface area (TPSA) is 76.0 Å². The summed E-state index contributed by atoms with van der Waals surface area (Å²) in [5.41, 5.74) is -0.255. The number of rotatable bonds is 0. The molecule has 0 aliphatic rings. The van der Waals surface area contributed by atoms with Crippen LogP contribution >= 0.6 is 0 Å². The van der Waals surface area contributed by atoms with Crippen LogP contribution in [0.5, 0.6) is 0 Å². The average molecular weight is 164 g/mol. The first-order valence-electron chi connectivity index (χ1n) is 3.24. The van der Waals surface area contributed by atoms with Gasteiger partial charge in [-0.05, 0) is 6.07 Å². The van der Waals surface area contributed by atoms with Crippen LogP contribution in [0.25, 0.3) is 10.9 Å². The molecule has 0 amide bonds. The van der Waals surface area contributed by atoms with Crippen molar-refractivity contribution in [3.8, 4) is 0 Å². The van der Waals surface area contributed by atoms with Gasteiger partial charge in [-0.3, -0.25) is 9.97 Å². The van der Waals surface area contributed by atoms with E-state index < -0.39 is 11.4 Å². The van der Waals surface area contributed by atoms with E-state index in [1.54, 1.807) is 0 Å². The quantitative estimate of drug-likeness (QED) is 0.588. The van der Waals surface area contributed by atoms with Crippen LogP contribution in [0.2, 0.25) is 0 Å². The highest BCUT2D eigenvalue weighted by atomic mass is 16.4. The average Bonchev–Trinajstić information content (AvgIpc) is 2.04. The van der Waals surface area contributed by atoms with E-state index in [4.69, 9.17) is 0 Å². The number of hydrogen-bond acceptors (Lipinski definition) is 4. The van der Waals surface area contributed by atoms with Crippen molar-refractivity contribution in [2.75, 3.05) is 0 Å². The second-order valence-electron chi connectivity index (χ2n) is 2.22. The second-order valence-corrected chi connectivity index (χ2v) is 2.22. The van der Waals surface area contributed by atoms with Crippen LogP contribution in [-0.2, 0) is 0 Å². The highest BCUT2D eigenvalue weighted by Crippen LogP contribution is 1.99. The molecular formula is C7H4N2O3. The van der Waals surface area contributed by atoms with E-state index in [1.165, 1.54) is 18.5 Å². The highest BCUT2D eigenvalue weighted by molar-refractivity contribution is 5.74. The molecule has 2 aromatic rings. The molecule has 0 bridgehead atoms. The van der Waals surface area contributed by atoms with Crippen molar-refractivity contribution in [3.05, 3.63) is 39.4 Å². The molecule has 0 aliphatic carbocycles. The Bertz CT molecular complexity index is 526. The standard InChI is InChI=1S/C7H4N2O3/c10-6-4-1-2-8-3-5(4)9-7(11)12-6/h1-3H,(H,9,11). The summed E-state index contributed by atoms with van der Waals surface area (Å²) in [4.78, 5) is 27.7. The van der Waals surface area contributed by atoms with Gasteiger partial charge in [-0.2, -0.15) is 0 Å². The number of fused-ring (bicyclic) bond motifs is 1. The van der Waals surface area contributed by atoms with Crippen molar-refractivity contribution in [3.63, 3.8) is 0 Å². The Labute approximate surface area is 65.7 Å². The fourth-order valence-corrected chi connectivity index (χ4v) is 0.947. The second kappa shape index (κ2) is 2.30. The number of aromatic amines is 1. The molecule has 60 valence electrons. The molecule has 0 aliphatic heterocycles. The zero-order valence-electron chi connectivity index (χ0n) is 5.90. The van der Waals surface area contributed by atoms with Gasteiger partial charge in [0.15, 0.2) is 0 Å². The van der Waals surface area contributed by atoms with E-state index in [2.05, 4.69) is 14.4 Å². The lowest BCUT2D eigenvalue weighted by Gasteiger charge is -1.90. The Balaban J connectivity index is 3.09. The number of H-pyrrole nitrogens is 1. The lowest BCUT2D eigenvalue weighted by molar-refractivity contribution is 0.460. The van der Waals surface area contributed by atoms with Gasteiger partial charge in [0.2, 0.25) is 0 Å². The maximum absolute atomic E-state index is 11.0. The monoisotopic (exact) mass is 164 g/mol. The molecule has 2 rings (SSSR count). The van der Waals surface area contributed by atoms with E-state index in [0.717, 1.165) is 0 Å². The third kappa shape index (κ3) is 0.914. The molecule has 0 saturated heterocycles. The van der Waals surface area contributed by atoms with Gasteiger partial charge < -0.3 is 4.42 Å². The summed E-state index contributed by atoms with van der Waals surface area (Å²) in [5, 5.41) is 0.324. The summed E-state index contributed by atoms with van der Waals surface area (Å²) in [7, 11) is 0. The van der Waals surface area contributed by atoms with Gasteiger partial charge in [-0.25, -0.2) is 9.59 Å². The van der Waals surface area contributed by atoms with Gasteiger partial charge in [0.1, 0.15) is 0 Å². The van der Waals surface area contributed by atoms with E-state index in [-0.39, 0.29) is 0 Å². The molecule has 0 unspecified atom stereocenters. The summed E-state index contributed by atoms with van der Waals surface area (Å²) >= 11 is 0. The van der Waals surface area contributed by atoms with Crippen molar-refractivity contribution in [2.24, 2.45) is 0 Å². The van der Waals surface area contributed by atoms with E-state index in [9.17, 15) is 9.59 Å². The Kier molecular flexibility index (Phi) is 1.30. The first-order chi connectivity index (χ1) is 5.77. The van der Waals surface area contributed by atoms with Crippen LogP contribution in [0.1, 0.15) is 0 Å². The number of nitrogens with zero attached hydrogens (tertiary/aromatic N) is 1. The normalized spacial score (nSPS) is 10.3. The first kappa shape index (κ1) is 6.78. The van der Waals surface area contributed by atoms with Crippen LogP contribution < -0.4 is 11.4 Å². The number of aromatic nitrogens is 2. The number of hydrogen-bond donors (Lipinski definition) is 1.